The lowest BCUT2D eigenvalue weighted by molar-refractivity contribution is 0.371. The van der Waals surface area contributed by atoms with Crippen LogP contribution in [0.15, 0.2) is 32.3 Å². The van der Waals surface area contributed by atoms with Gasteiger partial charge in [-0.2, -0.15) is 0 Å². The van der Waals surface area contributed by atoms with Crippen LogP contribution in [0.4, 0.5) is 0 Å². The minimum absolute atomic E-state index is 0.570. The standard InChI is InChI=1S/C15H22BrN5O/c1-5-12-7-14(22-19-12)8-18-15(17-2)21(4)10-13-6-11(16)9-20(13)3/h6-7,9H,5,8,10H2,1-4H3,(H,17,18). The van der Waals surface area contributed by atoms with Crippen molar-refractivity contribution in [2.45, 2.75) is 26.4 Å². The number of guanidine groups is 1. The first-order valence-electron chi connectivity index (χ1n) is 7.20. The molecule has 0 unspecified atom stereocenters. The molecule has 6 nitrogen and oxygen atoms in total. The lowest BCUT2D eigenvalue weighted by atomic mass is 10.3. The largest absolute Gasteiger partial charge is 0.359 e. The van der Waals surface area contributed by atoms with E-state index in [1.807, 2.05) is 26.4 Å². The molecule has 1 N–H and O–H groups in total. The third-order valence-corrected chi connectivity index (χ3v) is 3.87. The van der Waals surface area contributed by atoms with Gasteiger partial charge < -0.3 is 19.3 Å². The van der Waals surface area contributed by atoms with Crippen LogP contribution in [-0.2, 0) is 26.6 Å². The van der Waals surface area contributed by atoms with Gasteiger partial charge in [-0.1, -0.05) is 12.1 Å². The summed E-state index contributed by atoms with van der Waals surface area (Å²) < 4.78 is 8.45. The quantitative estimate of drug-likeness (QED) is 0.651. The summed E-state index contributed by atoms with van der Waals surface area (Å²) in [6.07, 6.45) is 2.92. The van der Waals surface area contributed by atoms with E-state index in [0.29, 0.717) is 6.54 Å². The summed E-state index contributed by atoms with van der Waals surface area (Å²) >= 11 is 3.49. The molecule has 0 spiro atoms. The highest BCUT2D eigenvalue weighted by molar-refractivity contribution is 9.10. The van der Waals surface area contributed by atoms with E-state index in [-0.39, 0.29) is 0 Å². The van der Waals surface area contributed by atoms with E-state index in [2.05, 4.69) is 53.9 Å². The van der Waals surface area contributed by atoms with Crippen LogP contribution in [0, 0.1) is 0 Å². The third kappa shape index (κ3) is 4.13. The molecule has 0 bridgehead atoms. The molecule has 0 aliphatic heterocycles. The van der Waals surface area contributed by atoms with Gasteiger partial charge in [0.15, 0.2) is 11.7 Å². The summed E-state index contributed by atoms with van der Waals surface area (Å²) in [6.45, 7) is 3.39. The Morgan fingerprint density at radius 3 is 2.82 bits per heavy atom. The number of rotatable bonds is 5. The van der Waals surface area contributed by atoms with Gasteiger partial charge >= 0.3 is 0 Å². The van der Waals surface area contributed by atoms with Crippen molar-refractivity contribution in [3.05, 3.63) is 40.0 Å². The predicted octanol–water partition coefficient (Wildman–Crippen LogP) is 2.55. The summed E-state index contributed by atoms with van der Waals surface area (Å²) in [5.41, 5.74) is 2.17. The average Bonchev–Trinajstić information content (AvgIpc) is 3.06. The molecule has 0 amide bonds. The normalized spacial score (nSPS) is 11.8. The van der Waals surface area contributed by atoms with Gasteiger partial charge in [0.1, 0.15) is 0 Å². The summed E-state index contributed by atoms with van der Waals surface area (Å²) in [7, 11) is 5.82. The molecule has 2 aromatic heterocycles. The maximum Gasteiger partial charge on any atom is 0.194 e. The molecule has 0 saturated carbocycles. The van der Waals surface area contributed by atoms with Crippen molar-refractivity contribution in [2.75, 3.05) is 14.1 Å². The second-order valence-electron chi connectivity index (χ2n) is 5.16. The molecule has 0 saturated heterocycles. The molecule has 2 rings (SSSR count). The minimum Gasteiger partial charge on any atom is -0.359 e. The SMILES string of the molecule is CCc1cc(CNC(=NC)N(C)Cc2cc(Br)cn2C)on1. The van der Waals surface area contributed by atoms with Crippen LogP contribution in [-0.4, -0.2) is 34.7 Å². The van der Waals surface area contributed by atoms with Crippen LogP contribution < -0.4 is 5.32 Å². The minimum atomic E-state index is 0.570. The molecule has 22 heavy (non-hydrogen) atoms. The van der Waals surface area contributed by atoms with E-state index in [4.69, 9.17) is 4.52 Å². The smallest absolute Gasteiger partial charge is 0.194 e. The Bertz CT molecular complexity index is 646. The molecule has 120 valence electrons. The monoisotopic (exact) mass is 367 g/mol. The van der Waals surface area contributed by atoms with Crippen molar-refractivity contribution in [2.24, 2.45) is 12.0 Å². The molecule has 7 heteroatoms. The molecule has 0 aliphatic rings. The van der Waals surface area contributed by atoms with Crippen LogP contribution in [0.1, 0.15) is 24.1 Å². The van der Waals surface area contributed by atoms with Crippen LogP contribution in [0.25, 0.3) is 0 Å². The summed E-state index contributed by atoms with van der Waals surface area (Å²) in [5.74, 6) is 1.62. The number of nitrogens with zero attached hydrogens (tertiary/aromatic N) is 4. The maximum atomic E-state index is 5.27. The third-order valence-electron chi connectivity index (χ3n) is 3.44. The van der Waals surface area contributed by atoms with Crippen molar-refractivity contribution < 1.29 is 4.52 Å². The fourth-order valence-corrected chi connectivity index (χ4v) is 2.77. The topological polar surface area (TPSA) is 58.6 Å². The molecule has 0 atom stereocenters. The molecule has 0 radical (unpaired) electrons. The molecule has 0 aliphatic carbocycles. The van der Waals surface area contributed by atoms with Gasteiger partial charge in [-0.05, 0) is 28.4 Å². The number of halogens is 1. The fraction of sp³-hybridized carbons (Fsp3) is 0.467. The molecule has 2 heterocycles. The number of hydrogen-bond donors (Lipinski definition) is 1. The van der Waals surface area contributed by atoms with Crippen molar-refractivity contribution in [3.63, 3.8) is 0 Å². The Labute approximate surface area is 139 Å². The zero-order valence-corrected chi connectivity index (χ0v) is 15.0. The first-order valence-corrected chi connectivity index (χ1v) is 7.99. The van der Waals surface area contributed by atoms with E-state index < -0.39 is 0 Å². The highest BCUT2D eigenvalue weighted by Gasteiger charge is 2.11. The van der Waals surface area contributed by atoms with Gasteiger partial charge in [-0.15, -0.1) is 0 Å². The zero-order chi connectivity index (χ0) is 16.1. The summed E-state index contributed by atoms with van der Waals surface area (Å²) in [4.78, 5) is 6.38. The van der Waals surface area contributed by atoms with Gasteiger partial charge in [0.05, 0.1) is 18.8 Å². The van der Waals surface area contributed by atoms with Crippen LogP contribution in [0.5, 0.6) is 0 Å². The van der Waals surface area contributed by atoms with Gasteiger partial charge in [0.25, 0.3) is 0 Å². The van der Waals surface area contributed by atoms with Crippen LogP contribution in [0.2, 0.25) is 0 Å². The highest BCUT2D eigenvalue weighted by Crippen LogP contribution is 2.15. The summed E-state index contributed by atoms with van der Waals surface area (Å²) in [5, 5.41) is 7.28. The van der Waals surface area contributed by atoms with Crippen LogP contribution >= 0.6 is 15.9 Å². The number of aryl methyl sites for hydroxylation is 2. The molecular weight excluding hydrogens is 346 g/mol. The Balaban J connectivity index is 1.94. The van der Waals surface area contributed by atoms with Crippen LogP contribution in [0.3, 0.4) is 0 Å². The Morgan fingerprint density at radius 2 is 2.27 bits per heavy atom. The average molecular weight is 368 g/mol. The number of nitrogens with one attached hydrogen (secondary N) is 1. The first-order chi connectivity index (χ1) is 10.5. The Kier molecular flexibility index (Phi) is 5.65. The summed E-state index contributed by atoms with van der Waals surface area (Å²) in [6, 6.07) is 4.07. The second-order valence-corrected chi connectivity index (χ2v) is 6.07. The van der Waals surface area contributed by atoms with Crippen molar-refractivity contribution in [1.29, 1.82) is 0 Å². The fourth-order valence-electron chi connectivity index (χ4n) is 2.20. The van der Waals surface area contributed by atoms with Gasteiger partial charge in [-0.25, -0.2) is 0 Å². The molecule has 0 fully saturated rings. The Morgan fingerprint density at radius 1 is 1.50 bits per heavy atom. The molecule has 0 aromatic carbocycles. The van der Waals surface area contributed by atoms with E-state index in [9.17, 15) is 0 Å². The second kappa shape index (κ2) is 7.49. The van der Waals surface area contributed by atoms with Gasteiger partial charge in [0, 0.05) is 43.6 Å². The van der Waals surface area contributed by atoms with Gasteiger partial charge in [-0.3, -0.25) is 4.99 Å². The van der Waals surface area contributed by atoms with Crippen molar-refractivity contribution in [3.8, 4) is 0 Å². The van der Waals surface area contributed by atoms with E-state index in [1.165, 1.54) is 5.69 Å². The lowest BCUT2D eigenvalue weighted by Gasteiger charge is -2.21. The van der Waals surface area contributed by atoms with E-state index >= 15 is 0 Å². The maximum absolute atomic E-state index is 5.27. The molecular formula is C15H22BrN5O. The van der Waals surface area contributed by atoms with E-state index in [1.54, 1.807) is 7.05 Å². The predicted molar refractivity (Wildman–Crippen MR) is 90.7 cm³/mol. The lowest BCUT2D eigenvalue weighted by Crippen LogP contribution is -2.38. The zero-order valence-electron chi connectivity index (χ0n) is 13.4. The first kappa shape index (κ1) is 16.6. The molecule has 2 aromatic rings. The number of hydrogen-bond acceptors (Lipinski definition) is 3. The van der Waals surface area contributed by atoms with Gasteiger partial charge in [0.2, 0.25) is 0 Å². The van der Waals surface area contributed by atoms with Crippen molar-refractivity contribution in [1.82, 2.24) is 19.9 Å². The van der Waals surface area contributed by atoms with Crippen molar-refractivity contribution >= 4 is 21.9 Å². The highest BCUT2D eigenvalue weighted by atomic mass is 79.9. The number of aromatic nitrogens is 2. The Hall–Kier alpha value is -1.76. The van der Waals surface area contributed by atoms with E-state index in [0.717, 1.165) is 34.9 Å². The number of aliphatic imine (C=N–C) groups is 1.